The van der Waals surface area contributed by atoms with Gasteiger partial charge in [-0.3, -0.25) is 23.7 Å². The van der Waals surface area contributed by atoms with Crippen molar-refractivity contribution in [3.8, 4) is 11.5 Å². The second kappa shape index (κ2) is 23.7. The van der Waals surface area contributed by atoms with Gasteiger partial charge in [-0.1, -0.05) is 106 Å². The van der Waals surface area contributed by atoms with Crippen molar-refractivity contribution in [3.63, 3.8) is 0 Å². The van der Waals surface area contributed by atoms with Gasteiger partial charge in [-0.25, -0.2) is 18.5 Å². The number of aromatic amines is 1. The quantitative estimate of drug-likeness (QED) is 0.0402. The molecule has 0 spiro atoms. The molecule has 0 saturated carbocycles. The second-order valence-corrected chi connectivity index (χ2v) is 24.9. The summed E-state index contributed by atoms with van der Waals surface area (Å²) in [4.78, 5) is 54.9. The number of methoxy groups -OCH3 is 3. The molecule has 2 fully saturated rings. The van der Waals surface area contributed by atoms with Crippen LogP contribution in [0.2, 0.25) is 18.1 Å². The Kier molecular flexibility index (Phi) is 17.4. The predicted octanol–water partition coefficient (Wildman–Crippen LogP) is 7.46. The van der Waals surface area contributed by atoms with Gasteiger partial charge in [0.05, 0.1) is 33.5 Å². The van der Waals surface area contributed by atoms with Gasteiger partial charge in [0, 0.05) is 38.2 Å². The lowest BCUT2D eigenvalue weighted by molar-refractivity contribution is -0.106. The van der Waals surface area contributed by atoms with Gasteiger partial charge in [-0.15, -0.1) is 0 Å². The Labute approximate surface area is 435 Å². The van der Waals surface area contributed by atoms with Crippen molar-refractivity contribution in [1.82, 2.24) is 18.7 Å². The van der Waals surface area contributed by atoms with Crippen LogP contribution in [0, 0.1) is 0 Å². The van der Waals surface area contributed by atoms with Crippen molar-refractivity contribution in [2.24, 2.45) is 0 Å². The number of alkyl halides is 1. The van der Waals surface area contributed by atoms with Crippen LogP contribution in [0.3, 0.4) is 0 Å². The van der Waals surface area contributed by atoms with Crippen LogP contribution in [0.25, 0.3) is 0 Å². The van der Waals surface area contributed by atoms with E-state index in [1.807, 2.05) is 109 Å². The number of halogens is 1. The second-order valence-electron chi connectivity index (χ2n) is 20.2. The van der Waals surface area contributed by atoms with Crippen molar-refractivity contribution in [1.29, 1.82) is 0 Å². The third-order valence-corrected chi connectivity index (χ3v) is 18.9. The van der Waals surface area contributed by atoms with Crippen molar-refractivity contribution >= 4 is 8.32 Å². The van der Waals surface area contributed by atoms with E-state index in [1.165, 1.54) is 36.2 Å². The minimum atomic E-state index is -2.48. The highest BCUT2D eigenvalue weighted by molar-refractivity contribution is 6.74. The molecule has 400 valence electrons. The topological polar surface area (TPSA) is 182 Å². The Balaban J connectivity index is 1.11. The van der Waals surface area contributed by atoms with E-state index in [0.717, 1.165) is 31.4 Å². The largest absolute Gasteiger partial charge is 0.497 e. The standard InChI is InChI=1S/C56H67FN4O13Si/c1-55(2,3)75(7,8)74-49-43(72-52(50(49)68-6)59-31-29-45(62)58-53(59)64)20-15-33-70-48-44(73-51(47(48)57)60-32-30-46(63)61(54(60)65)36-69-34-37-16-11-9-12-17-37)35-71-56(38-18-13-10-14-19-38,39-21-25-41(66-4)26-22-39)40-23-27-42(67-5)28-24-40/h9-14,16-19,21-32,43-44,47-52H,15,20,33-36H2,1-8H3,(H,58,62,64)/t43-,44-,47-,48-,49-,50-,51-,52-/m1/s1. The number of hydrogen-bond acceptors (Lipinski definition) is 13. The molecule has 6 aromatic rings. The molecule has 75 heavy (non-hydrogen) atoms. The molecule has 2 aliphatic rings. The molecule has 19 heteroatoms. The van der Waals surface area contributed by atoms with E-state index in [9.17, 15) is 19.2 Å². The smallest absolute Gasteiger partial charge is 0.335 e. The molecule has 2 aromatic heterocycles. The fourth-order valence-corrected chi connectivity index (χ4v) is 10.7. The van der Waals surface area contributed by atoms with Crippen molar-refractivity contribution in [2.75, 3.05) is 34.5 Å². The highest BCUT2D eigenvalue weighted by atomic mass is 28.4. The van der Waals surface area contributed by atoms with Crippen LogP contribution in [0.1, 0.15) is 68.3 Å². The molecule has 17 nitrogen and oxygen atoms in total. The zero-order chi connectivity index (χ0) is 53.5. The average Bonchev–Trinajstić information content (AvgIpc) is 3.91. The normalized spacial score (nSPS) is 22.1. The third-order valence-electron chi connectivity index (χ3n) is 14.5. The maximum absolute atomic E-state index is 17.6. The number of ether oxygens (including phenoxy) is 8. The molecule has 0 unspecified atom stereocenters. The Morgan fingerprint density at radius 2 is 1.27 bits per heavy atom. The molecule has 2 saturated heterocycles. The van der Waals surface area contributed by atoms with E-state index in [2.05, 4.69) is 38.8 Å². The number of nitrogens with zero attached hydrogens (tertiary/aromatic N) is 3. The molecule has 8 rings (SSSR count). The van der Waals surface area contributed by atoms with Crippen LogP contribution in [0.15, 0.2) is 153 Å². The van der Waals surface area contributed by atoms with Gasteiger partial charge in [0.25, 0.3) is 11.1 Å². The number of hydrogen-bond donors (Lipinski definition) is 1. The fraction of sp³-hybridized carbons (Fsp3) is 0.429. The predicted molar refractivity (Wildman–Crippen MR) is 280 cm³/mol. The zero-order valence-electron chi connectivity index (χ0n) is 43.6. The van der Waals surface area contributed by atoms with Crippen molar-refractivity contribution in [2.45, 2.75) is 120 Å². The molecule has 4 heterocycles. The molecular formula is C56H67FN4O13Si. The highest BCUT2D eigenvalue weighted by Gasteiger charge is 2.52. The molecule has 0 bridgehead atoms. The molecule has 0 radical (unpaired) electrons. The van der Waals surface area contributed by atoms with Crippen LogP contribution < -0.4 is 32.0 Å². The van der Waals surface area contributed by atoms with Crippen LogP contribution in [-0.2, 0) is 51.8 Å². The van der Waals surface area contributed by atoms with Gasteiger partial charge >= 0.3 is 11.4 Å². The van der Waals surface area contributed by atoms with Gasteiger partial charge in [0.1, 0.15) is 48.2 Å². The van der Waals surface area contributed by atoms with Crippen LogP contribution >= 0.6 is 0 Å². The van der Waals surface area contributed by atoms with Gasteiger partial charge < -0.3 is 42.3 Å². The SMILES string of the molecule is COc1ccc(C(OC[C@H]2O[C@@H](n3ccc(=O)n(COCc4ccccc4)c3=O)[C@H](F)[C@@H]2OCCC[C@H]2O[C@@H](n3ccc(=O)[nH]c3=O)[C@H](OC)[C@@H]2O[Si](C)(C)C(C)(C)C)(c2ccccc2)c2ccc(OC)cc2)cc1. The molecule has 2 aliphatic heterocycles. The zero-order valence-corrected chi connectivity index (χ0v) is 44.6. The van der Waals surface area contributed by atoms with Gasteiger partial charge in [0.15, 0.2) is 26.9 Å². The summed E-state index contributed by atoms with van der Waals surface area (Å²) < 4.78 is 77.6. The minimum Gasteiger partial charge on any atom is -0.497 e. The average molecular weight is 1050 g/mol. The van der Waals surface area contributed by atoms with Crippen LogP contribution in [0.5, 0.6) is 11.5 Å². The van der Waals surface area contributed by atoms with Crippen LogP contribution in [-0.4, -0.2) is 98.2 Å². The first-order valence-corrected chi connectivity index (χ1v) is 27.9. The summed E-state index contributed by atoms with van der Waals surface area (Å²) in [5.74, 6) is 1.26. The Hall–Kier alpha value is -6.29. The number of benzene rings is 4. The lowest BCUT2D eigenvalue weighted by atomic mass is 9.80. The molecule has 0 aliphatic carbocycles. The first-order valence-electron chi connectivity index (χ1n) is 25.0. The van der Waals surface area contributed by atoms with Gasteiger partial charge in [0.2, 0.25) is 0 Å². The summed E-state index contributed by atoms with van der Waals surface area (Å²) in [6.07, 6.45) is -5.61. The van der Waals surface area contributed by atoms with Gasteiger partial charge in [-0.2, -0.15) is 0 Å². The maximum Gasteiger partial charge on any atom is 0.335 e. The molecular weight excluding hydrogens is 984 g/mol. The first-order chi connectivity index (χ1) is 36.0. The fourth-order valence-electron chi connectivity index (χ4n) is 9.41. The number of aromatic nitrogens is 4. The summed E-state index contributed by atoms with van der Waals surface area (Å²) in [5, 5.41) is -0.193. The first kappa shape index (κ1) is 55.0. The summed E-state index contributed by atoms with van der Waals surface area (Å²) >= 11 is 0. The molecule has 8 atom stereocenters. The van der Waals surface area contributed by atoms with Crippen LogP contribution in [0.4, 0.5) is 4.39 Å². The summed E-state index contributed by atoms with van der Waals surface area (Å²) in [5.41, 5.74) is -0.958. The Morgan fingerprint density at radius 3 is 1.85 bits per heavy atom. The van der Waals surface area contributed by atoms with Gasteiger partial charge in [-0.05, 0) is 77.5 Å². The van der Waals surface area contributed by atoms with E-state index < -0.39 is 92.3 Å². The summed E-state index contributed by atoms with van der Waals surface area (Å²) in [6.45, 7) is 10.1. The molecule has 4 aromatic carbocycles. The molecule has 0 amide bonds. The van der Waals surface area contributed by atoms with E-state index in [0.29, 0.717) is 24.3 Å². The summed E-state index contributed by atoms with van der Waals surface area (Å²) in [6, 6.07) is 36.3. The highest BCUT2D eigenvalue weighted by Crippen LogP contribution is 2.45. The van der Waals surface area contributed by atoms with Crippen molar-refractivity contribution in [3.05, 3.63) is 198 Å². The lowest BCUT2D eigenvalue weighted by Gasteiger charge is -2.40. The summed E-state index contributed by atoms with van der Waals surface area (Å²) in [7, 11) is 2.22. The monoisotopic (exact) mass is 1050 g/mol. The van der Waals surface area contributed by atoms with E-state index >= 15 is 4.39 Å². The maximum atomic E-state index is 17.6. The van der Waals surface area contributed by atoms with Crippen molar-refractivity contribution < 1.29 is 46.7 Å². The van der Waals surface area contributed by atoms with E-state index in [4.69, 9.17) is 42.3 Å². The Bertz CT molecular complexity index is 3010. The van der Waals surface area contributed by atoms with E-state index in [-0.39, 0.29) is 24.9 Å². The minimum absolute atomic E-state index is 0.00618. The molecule has 1 N–H and O–H groups in total. The number of H-pyrrole nitrogens is 1. The Morgan fingerprint density at radius 1 is 0.680 bits per heavy atom. The number of rotatable bonds is 22. The van der Waals surface area contributed by atoms with E-state index in [1.54, 1.807) is 14.2 Å². The lowest BCUT2D eigenvalue weighted by Crippen LogP contribution is -2.50. The third kappa shape index (κ3) is 11.9. The number of nitrogens with one attached hydrogen (secondary N) is 1.